The van der Waals surface area contributed by atoms with Gasteiger partial charge in [0.1, 0.15) is 11.5 Å². The van der Waals surface area contributed by atoms with Crippen molar-refractivity contribution in [2.24, 2.45) is 35.5 Å². The van der Waals surface area contributed by atoms with Gasteiger partial charge in [0.05, 0.1) is 38.3 Å². The number of aromatic hydroxyl groups is 1. The standard InChI is InChI=1S/C22H25NO3.C16H17NO3.C6H10O/c1-25-22(24)19-12-23(13-19)11-14-2-3-16-8-20(5-4-15(16)6-14)26-21-9-17-7-18(17)10-21;1-20-16(19)14-9-17(10-14)8-11-2-3-13-7-15(18)5-4-12(13)6-11;7-6-2-4-1-5(4)3-6/h2-6,8,17-19,21H,7,9-13H2,1H3;2-7,14,18H,8-10H2,1H3;4-7H,1-3H2/t17-,18+,21?;;4-,5+,6?. The van der Waals surface area contributed by atoms with Crippen molar-refractivity contribution >= 4 is 33.5 Å². The number of phenolic OH excluding ortho intramolecular Hbond substituents is 1. The van der Waals surface area contributed by atoms with E-state index < -0.39 is 0 Å². The lowest BCUT2D eigenvalue weighted by atomic mass is 9.99. The molecule has 4 saturated carbocycles. The number of nitrogens with zero attached hydrogens (tertiary/aromatic N) is 2. The van der Waals surface area contributed by atoms with Gasteiger partial charge in [-0.1, -0.05) is 36.4 Å². The molecule has 2 N–H and O–H groups in total. The number of phenols is 1. The molecule has 2 heterocycles. The second kappa shape index (κ2) is 15.3. The Bertz CT molecular complexity index is 1930. The zero-order valence-corrected chi connectivity index (χ0v) is 30.9. The van der Waals surface area contributed by atoms with Crippen molar-refractivity contribution in [3.05, 3.63) is 83.9 Å². The number of likely N-dealkylation sites (tertiary alicyclic amines) is 2. The molecule has 6 atom stereocenters. The van der Waals surface area contributed by atoms with Crippen LogP contribution >= 0.6 is 0 Å². The summed E-state index contributed by atoms with van der Waals surface area (Å²) in [5.41, 5.74) is 2.50. The van der Waals surface area contributed by atoms with Crippen LogP contribution in [0.1, 0.15) is 49.7 Å². The van der Waals surface area contributed by atoms with Gasteiger partial charge in [0, 0.05) is 39.3 Å². The van der Waals surface area contributed by atoms with E-state index in [1.807, 2.05) is 12.1 Å². The van der Waals surface area contributed by atoms with E-state index in [9.17, 15) is 14.7 Å². The number of fused-ring (bicyclic) bond motifs is 4. The Labute approximate surface area is 311 Å². The summed E-state index contributed by atoms with van der Waals surface area (Å²) in [6, 6.07) is 24.6. The van der Waals surface area contributed by atoms with E-state index in [1.54, 1.807) is 12.1 Å². The smallest absolute Gasteiger partial charge is 0.311 e. The number of carbonyl (C=O) groups is 2. The number of methoxy groups -OCH3 is 2. The van der Waals surface area contributed by atoms with Gasteiger partial charge in [-0.15, -0.1) is 0 Å². The molecule has 0 bridgehead atoms. The van der Waals surface area contributed by atoms with E-state index in [0.717, 1.165) is 92.3 Å². The van der Waals surface area contributed by atoms with Crippen LogP contribution in [-0.4, -0.2) is 84.6 Å². The van der Waals surface area contributed by atoms with Gasteiger partial charge in [-0.25, -0.2) is 0 Å². The van der Waals surface area contributed by atoms with Crippen LogP contribution in [-0.2, 0) is 32.2 Å². The molecular formula is C44H52N2O7. The highest BCUT2D eigenvalue weighted by molar-refractivity contribution is 5.85. The molecule has 280 valence electrons. The van der Waals surface area contributed by atoms with E-state index in [0.29, 0.717) is 6.10 Å². The lowest BCUT2D eigenvalue weighted by Gasteiger charge is -2.37. The van der Waals surface area contributed by atoms with Crippen molar-refractivity contribution in [1.82, 2.24) is 9.80 Å². The van der Waals surface area contributed by atoms with Crippen LogP contribution in [0.2, 0.25) is 0 Å². The fourth-order valence-corrected chi connectivity index (χ4v) is 9.00. The molecule has 6 fully saturated rings. The van der Waals surface area contributed by atoms with E-state index in [-0.39, 0.29) is 35.6 Å². The Morgan fingerprint density at radius 1 is 0.604 bits per heavy atom. The summed E-state index contributed by atoms with van der Waals surface area (Å²) in [6.07, 6.45) is 8.02. The van der Waals surface area contributed by atoms with Gasteiger partial charge < -0.3 is 24.4 Å². The summed E-state index contributed by atoms with van der Waals surface area (Å²) in [5.74, 6) is 4.92. The minimum absolute atomic E-state index is 0.0254. The monoisotopic (exact) mass is 720 g/mol. The molecule has 2 saturated heterocycles. The Morgan fingerprint density at radius 2 is 1.06 bits per heavy atom. The minimum atomic E-state index is -0.116. The van der Waals surface area contributed by atoms with E-state index in [1.165, 1.54) is 61.8 Å². The number of ether oxygens (including phenoxy) is 3. The first-order valence-electron chi connectivity index (χ1n) is 19.4. The van der Waals surface area contributed by atoms with Crippen molar-refractivity contribution in [2.75, 3.05) is 40.4 Å². The first-order valence-corrected chi connectivity index (χ1v) is 19.4. The quantitative estimate of drug-likeness (QED) is 0.196. The van der Waals surface area contributed by atoms with Crippen molar-refractivity contribution in [3.8, 4) is 11.5 Å². The van der Waals surface area contributed by atoms with Gasteiger partial charge >= 0.3 is 11.9 Å². The van der Waals surface area contributed by atoms with Gasteiger partial charge in [-0.05, 0) is 131 Å². The highest BCUT2D eigenvalue weighted by Gasteiger charge is 2.47. The molecule has 0 amide bonds. The molecule has 4 aliphatic carbocycles. The third-order valence-corrected chi connectivity index (χ3v) is 12.3. The summed E-state index contributed by atoms with van der Waals surface area (Å²) >= 11 is 0. The van der Waals surface area contributed by atoms with Crippen molar-refractivity contribution in [3.63, 3.8) is 0 Å². The Kier molecular flexibility index (Phi) is 10.3. The number of benzene rings is 4. The van der Waals surface area contributed by atoms with Crippen LogP contribution < -0.4 is 4.74 Å². The van der Waals surface area contributed by atoms with Crippen LogP contribution in [0, 0.1) is 35.5 Å². The normalized spacial score (nSPS) is 27.2. The second-order valence-corrected chi connectivity index (χ2v) is 16.4. The number of carbonyl (C=O) groups excluding carboxylic acids is 2. The second-order valence-electron chi connectivity index (χ2n) is 16.4. The number of esters is 2. The Morgan fingerprint density at radius 3 is 1.55 bits per heavy atom. The van der Waals surface area contributed by atoms with Gasteiger partial charge in [0.15, 0.2) is 0 Å². The zero-order valence-electron chi connectivity index (χ0n) is 30.9. The van der Waals surface area contributed by atoms with Crippen LogP contribution in [0.4, 0.5) is 0 Å². The minimum Gasteiger partial charge on any atom is -0.508 e. The van der Waals surface area contributed by atoms with Crippen LogP contribution in [0.5, 0.6) is 11.5 Å². The van der Waals surface area contributed by atoms with Crippen molar-refractivity contribution < 1.29 is 34.0 Å². The van der Waals surface area contributed by atoms with Gasteiger partial charge in [-0.3, -0.25) is 19.4 Å². The SMILES string of the molecule is COC(=O)C1CN(Cc2ccc3cc(O)ccc3c2)C1.COC(=O)C1CN(Cc2ccc3cc(OC4C[C@@H]5C[C@@H]5C4)ccc3c2)C1.OC1C[C@@H]2C[C@@H]2C1. The Hall–Kier alpha value is -4.18. The molecule has 2 aliphatic heterocycles. The summed E-state index contributed by atoms with van der Waals surface area (Å²) in [7, 11) is 2.89. The van der Waals surface area contributed by atoms with Crippen molar-refractivity contribution in [1.29, 1.82) is 0 Å². The topological polar surface area (TPSA) is 109 Å². The molecule has 9 heteroatoms. The molecule has 6 aliphatic rings. The lowest BCUT2D eigenvalue weighted by molar-refractivity contribution is -0.152. The molecule has 53 heavy (non-hydrogen) atoms. The molecular weight excluding hydrogens is 668 g/mol. The first kappa shape index (κ1) is 35.8. The van der Waals surface area contributed by atoms with E-state index in [2.05, 4.69) is 58.3 Å². The number of hydrogen-bond acceptors (Lipinski definition) is 9. The maximum Gasteiger partial charge on any atom is 0.311 e. The molecule has 4 aromatic carbocycles. The van der Waals surface area contributed by atoms with Crippen LogP contribution in [0.25, 0.3) is 21.5 Å². The van der Waals surface area contributed by atoms with Gasteiger partial charge in [0.2, 0.25) is 0 Å². The third-order valence-electron chi connectivity index (χ3n) is 12.3. The molecule has 0 spiro atoms. The number of aliphatic hydroxyl groups excluding tert-OH is 1. The third kappa shape index (κ3) is 8.64. The summed E-state index contributed by atoms with van der Waals surface area (Å²) in [4.78, 5) is 27.3. The molecule has 0 radical (unpaired) electrons. The van der Waals surface area contributed by atoms with E-state index in [4.69, 9.17) is 19.3 Å². The summed E-state index contributed by atoms with van der Waals surface area (Å²) in [6.45, 7) is 4.83. The van der Waals surface area contributed by atoms with Crippen LogP contribution in [0.15, 0.2) is 72.8 Å². The predicted octanol–water partition coefficient (Wildman–Crippen LogP) is 6.55. The molecule has 2 unspecified atom stereocenters. The van der Waals surface area contributed by atoms with E-state index >= 15 is 0 Å². The fourth-order valence-electron chi connectivity index (χ4n) is 9.00. The Balaban J connectivity index is 0.000000130. The molecule has 10 rings (SSSR count). The summed E-state index contributed by atoms with van der Waals surface area (Å²) in [5, 5.41) is 23.0. The lowest BCUT2D eigenvalue weighted by Crippen LogP contribution is -2.49. The molecule has 4 aromatic rings. The molecule has 0 aromatic heterocycles. The highest BCUT2D eigenvalue weighted by atomic mass is 16.5. The number of rotatable bonds is 8. The van der Waals surface area contributed by atoms with Gasteiger partial charge in [-0.2, -0.15) is 0 Å². The number of hydrogen-bond donors (Lipinski definition) is 2. The van der Waals surface area contributed by atoms with Crippen molar-refractivity contribution in [2.45, 2.75) is 63.8 Å². The highest BCUT2D eigenvalue weighted by Crippen LogP contribution is 2.53. The fraction of sp³-hybridized carbons (Fsp3) is 0.500. The largest absolute Gasteiger partial charge is 0.508 e. The average molecular weight is 721 g/mol. The number of aliphatic hydroxyl groups is 1. The summed E-state index contributed by atoms with van der Waals surface area (Å²) < 4.78 is 15.7. The van der Waals surface area contributed by atoms with Gasteiger partial charge in [0.25, 0.3) is 0 Å². The molecule has 9 nitrogen and oxygen atoms in total. The average Bonchev–Trinajstić information content (AvgIpc) is 3.97. The predicted molar refractivity (Wildman–Crippen MR) is 203 cm³/mol. The maximum atomic E-state index is 11.5. The van der Waals surface area contributed by atoms with Crippen LogP contribution in [0.3, 0.4) is 0 Å². The zero-order chi connectivity index (χ0) is 36.6. The maximum absolute atomic E-state index is 11.5. The first-order chi connectivity index (χ1) is 25.7.